The topological polar surface area (TPSA) is 38.5 Å². The highest BCUT2D eigenvalue weighted by Crippen LogP contribution is 2.35. The van der Waals surface area contributed by atoms with Crippen LogP contribution in [0.3, 0.4) is 0 Å². The average Bonchev–Trinajstić information content (AvgIpc) is 2.37. The first-order valence-corrected chi connectivity index (χ1v) is 7.30. The van der Waals surface area contributed by atoms with Crippen LogP contribution in [0.15, 0.2) is 0 Å². The largest absolute Gasteiger partial charge is 0.385 e. The zero-order valence-electron chi connectivity index (χ0n) is 11.2. The molecule has 17 heavy (non-hydrogen) atoms. The first kappa shape index (κ1) is 13.3. The quantitative estimate of drug-likeness (QED) is 0.799. The first-order valence-electron chi connectivity index (χ1n) is 7.30. The Balaban J connectivity index is 1.81. The molecule has 0 spiro atoms. The van der Waals surface area contributed by atoms with Crippen molar-refractivity contribution in [2.24, 2.45) is 11.7 Å². The van der Waals surface area contributed by atoms with Crippen molar-refractivity contribution in [3.05, 3.63) is 0 Å². The predicted molar refractivity (Wildman–Crippen MR) is 71.0 cm³/mol. The van der Waals surface area contributed by atoms with Gasteiger partial charge in [0.05, 0.1) is 0 Å². The lowest BCUT2D eigenvalue weighted by Crippen LogP contribution is -2.51. The number of likely N-dealkylation sites (tertiary alicyclic amines) is 1. The second kappa shape index (κ2) is 6.72. The van der Waals surface area contributed by atoms with Crippen LogP contribution in [0.5, 0.6) is 0 Å². The summed E-state index contributed by atoms with van der Waals surface area (Å²) in [5.41, 5.74) is 6.19. The van der Waals surface area contributed by atoms with Crippen LogP contribution in [-0.4, -0.2) is 43.8 Å². The molecule has 1 heterocycles. The van der Waals surface area contributed by atoms with Crippen molar-refractivity contribution in [1.29, 1.82) is 0 Å². The van der Waals surface area contributed by atoms with Gasteiger partial charge in [-0.25, -0.2) is 0 Å². The fraction of sp³-hybridized carbons (Fsp3) is 1.00. The van der Waals surface area contributed by atoms with Crippen LogP contribution in [0.1, 0.15) is 44.9 Å². The fourth-order valence-corrected chi connectivity index (χ4v) is 3.62. The minimum Gasteiger partial charge on any atom is -0.385 e. The van der Waals surface area contributed by atoms with Crippen LogP contribution in [-0.2, 0) is 4.74 Å². The van der Waals surface area contributed by atoms with Gasteiger partial charge in [-0.05, 0) is 44.6 Å². The summed E-state index contributed by atoms with van der Waals surface area (Å²) in [5.74, 6) is 0.965. The molecule has 1 unspecified atom stereocenters. The number of piperidine rings is 1. The Labute approximate surface area is 106 Å². The summed E-state index contributed by atoms with van der Waals surface area (Å²) in [5, 5.41) is 0. The Morgan fingerprint density at radius 3 is 2.82 bits per heavy atom. The Hall–Kier alpha value is -0.120. The first-order chi connectivity index (χ1) is 8.31. The zero-order valence-corrected chi connectivity index (χ0v) is 11.2. The molecule has 0 aromatic rings. The Bertz CT molecular complexity index is 220. The van der Waals surface area contributed by atoms with Crippen LogP contribution in [0.25, 0.3) is 0 Å². The van der Waals surface area contributed by atoms with Gasteiger partial charge in [-0.2, -0.15) is 0 Å². The average molecular weight is 240 g/mol. The Kier molecular flexibility index (Phi) is 5.26. The van der Waals surface area contributed by atoms with E-state index in [4.69, 9.17) is 10.5 Å². The standard InChI is InChI=1S/C14H28N2O/c1-17-10-8-13(15)11-16-9-4-6-12-5-2-3-7-14(12)16/h12-14H,2-11,15H2,1H3/t12-,13?,14-/m1/s1. The van der Waals surface area contributed by atoms with Crippen molar-refractivity contribution in [3.63, 3.8) is 0 Å². The van der Waals surface area contributed by atoms with Gasteiger partial charge in [0.1, 0.15) is 0 Å². The van der Waals surface area contributed by atoms with Crippen molar-refractivity contribution in [1.82, 2.24) is 4.90 Å². The van der Waals surface area contributed by atoms with Crippen LogP contribution >= 0.6 is 0 Å². The van der Waals surface area contributed by atoms with E-state index in [9.17, 15) is 0 Å². The van der Waals surface area contributed by atoms with Crippen molar-refractivity contribution in [2.75, 3.05) is 26.8 Å². The van der Waals surface area contributed by atoms with Gasteiger partial charge in [-0.1, -0.05) is 12.8 Å². The predicted octanol–water partition coefficient (Wildman–Crippen LogP) is 2.00. The summed E-state index contributed by atoms with van der Waals surface area (Å²) in [7, 11) is 1.75. The number of hydrogen-bond acceptors (Lipinski definition) is 3. The minimum atomic E-state index is 0.288. The lowest BCUT2D eigenvalue weighted by Gasteiger charge is -2.45. The van der Waals surface area contributed by atoms with Crippen molar-refractivity contribution < 1.29 is 4.74 Å². The normalized spacial score (nSPS) is 32.1. The third-order valence-corrected chi connectivity index (χ3v) is 4.52. The Morgan fingerprint density at radius 1 is 1.24 bits per heavy atom. The molecule has 2 N–H and O–H groups in total. The van der Waals surface area contributed by atoms with E-state index in [-0.39, 0.29) is 6.04 Å². The number of hydrogen-bond donors (Lipinski definition) is 1. The molecule has 0 bridgehead atoms. The molecule has 0 aromatic carbocycles. The van der Waals surface area contributed by atoms with E-state index < -0.39 is 0 Å². The van der Waals surface area contributed by atoms with Gasteiger partial charge in [-0.3, -0.25) is 4.90 Å². The van der Waals surface area contributed by atoms with Crippen molar-refractivity contribution >= 4 is 0 Å². The van der Waals surface area contributed by atoms with Crippen LogP contribution in [0, 0.1) is 5.92 Å². The molecule has 1 saturated carbocycles. The molecule has 3 nitrogen and oxygen atoms in total. The van der Waals surface area contributed by atoms with E-state index >= 15 is 0 Å². The van der Waals surface area contributed by atoms with Crippen LogP contribution < -0.4 is 5.73 Å². The molecule has 0 radical (unpaired) electrons. The van der Waals surface area contributed by atoms with E-state index in [1.165, 1.54) is 45.1 Å². The molecule has 3 atom stereocenters. The number of ether oxygens (including phenoxy) is 1. The van der Waals surface area contributed by atoms with E-state index in [0.29, 0.717) is 0 Å². The summed E-state index contributed by atoms with van der Waals surface area (Å²) in [4.78, 5) is 2.67. The van der Waals surface area contributed by atoms with Crippen molar-refractivity contribution in [3.8, 4) is 0 Å². The van der Waals surface area contributed by atoms with Gasteiger partial charge >= 0.3 is 0 Å². The van der Waals surface area contributed by atoms with Gasteiger partial charge < -0.3 is 10.5 Å². The van der Waals surface area contributed by atoms with Crippen LogP contribution in [0.2, 0.25) is 0 Å². The fourth-order valence-electron chi connectivity index (χ4n) is 3.62. The summed E-state index contributed by atoms with van der Waals surface area (Å²) >= 11 is 0. The molecule has 1 aliphatic heterocycles. The summed E-state index contributed by atoms with van der Waals surface area (Å²) < 4.78 is 5.11. The molecular formula is C14H28N2O. The highest BCUT2D eigenvalue weighted by Gasteiger charge is 2.33. The van der Waals surface area contributed by atoms with Crippen molar-refractivity contribution in [2.45, 2.75) is 57.0 Å². The number of nitrogens with zero attached hydrogens (tertiary/aromatic N) is 1. The number of rotatable bonds is 5. The summed E-state index contributed by atoms with van der Waals surface area (Å²) in [6.07, 6.45) is 9.54. The Morgan fingerprint density at radius 2 is 2.00 bits per heavy atom. The minimum absolute atomic E-state index is 0.288. The highest BCUT2D eigenvalue weighted by atomic mass is 16.5. The smallest absolute Gasteiger partial charge is 0.0477 e. The number of fused-ring (bicyclic) bond motifs is 1. The third-order valence-electron chi connectivity index (χ3n) is 4.52. The van der Waals surface area contributed by atoms with Crippen LogP contribution in [0.4, 0.5) is 0 Å². The number of methoxy groups -OCH3 is 1. The lowest BCUT2D eigenvalue weighted by molar-refractivity contribution is 0.0530. The van der Waals surface area contributed by atoms with E-state index in [1.54, 1.807) is 7.11 Å². The molecule has 100 valence electrons. The highest BCUT2D eigenvalue weighted by molar-refractivity contribution is 4.88. The maximum atomic E-state index is 6.19. The molecular weight excluding hydrogens is 212 g/mol. The van der Waals surface area contributed by atoms with E-state index in [1.807, 2.05) is 0 Å². The molecule has 1 aliphatic carbocycles. The molecule has 0 aromatic heterocycles. The van der Waals surface area contributed by atoms with E-state index in [2.05, 4.69) is 4.90 Å². The lowest BCUT2D eigenvalue weighted by atomic mass is 9.78. The maximum Gasteiger partial charge on any atom is 0.0477 e. The molecule has 2 rings (SSSR count). The maximum absolute atomic E-state index is 6.19. The third kappa shape index (κ3) is 3.67. The van der Waals surface area contributed by atoms with Gasteiger partial charge in [-0.15, -0.1) is 0 Å². The van der Waals surface area contributed by atoms with Gasteiger partial charge in [0.2, 0.25) is 0 Å². The molecule has 1 saturated heterocycles. The summed E-state index contributed by atoms with van der Waals surface area (Å²) in [6.45, 7) is 3.13. The van der Waals surface area contributed by atoms with Gasteiger partial charge in [0.25, 0.3) is 0 Å². The molecule has 0 amide bonds. The molecule has 2 fully saturated rings. The number of nitrogens with two attached hydrogens (primary N) is 1. The zero-order chi connectivity index (χ0) is 12.1. The monoisotopic (exact) mass is 240 g/mol. The second-order valence-corrected chi connectivity index (χ2v) is 5.79. The van der Waals surface area contributed by atoms with Gasteiger partial charge in [0.15, 0.2) is 0 Å². The van der Waals surface area contributed by atoms with E-state index in [0.717, 1.165) is 31.5 Å². The summed E-state index contributed by atoms with van der Waals surface area (Å²) in [6, 6.07) is 1.13. The molecule has 2 aliphatic rings. The molecule has 3 heteroatoms. The second-order valence-electron chi connectivity index (χ2n) is 5.79. The SMILES string of the molecule is COCCC(N)CN1CCC[C@H]2CCCC[C@H]21. The van der Waals surface area contributed by atoms with Gasteiger partial charge in [0, 0.05) is 32.3 Å².